The Morgan fingerprint density at radius 2 is 2.10 bits per heavy atom. The van der Waals surface area contributed by atoms with E-state index in [1.165, 1.54) is 0 Å². The number of pyridine rings is 1. The molecule has 0 saturated heterocycles. The zero-order valence-electron chi connectivity index (χ0n) is 10.2. The topological polar surface area (TPSA) is 80.6 Å². The number of imidazole rings is 1. The summed E-state index contributed by atoms with van der Waals surface area (Å²) in [6.07, 6.45) is 1.72. The van der Waals surface area contributed by atoms with Crippen molar-refractivity contribution in [2.45, 2.75) is 0 Å². The van der Waals surface area contributed by atoms with Crippen LogP contribution in [0.2, 0.25) is 5.02 Å². The molecule has 0 spiro atoms. The Balaban J connectivity index is 2.38. The van der Waals surface area contributed by atoms with Gasteiger partial charge >= 0.3 is 5.97 Å². The molecule has 0 aliphatic rings. The minimum absolute atomic E-state index is 0.0712. The number of anilines is 1. The van der Waals surface area contributed by atoms with E-state index in [-0.39, 0.29) is 5.69 Å². The normalized spacial score (nSPS) is 10.8. The standard InChI is InChI=1S/C14H10ClN3O2/c15-9-4-1-3-8(7-9)13-17-11(14(19)20)12-10(16)5-2-6-18(12)13/h1-7H,16H2,(H,19,20). The molecule has 3 rings (SSSR count). The lowest BCUT2D eigenvalue weighted by molar-refractivity contribution is 0.0693. The van der Waals surface area contributed by atoms with Crippen LogP contribution in [0, 0.1) is 0 Å². The van der Waals surface area contributed by atoms with E-state index in [1.807, 2.05) is 6.07 Å². The van der Waals surface area contributed by atoms with E-state index in [0.29, 0.717) is 22.1 Å². The summed E-state index contributed by atoms with van der Waals surface area (Å²) < 4.78 is 1.66. The number of carboxylic acid groups (broad SMARTS) is 1. The largest absolute Gasteiger partial charge is 0.476 e. The third kappa shape index (κ3) is 1.88. The van der Waals surface area contributed by atoms with Crippen molar-refractivity contribution >= 4 is 28.8 Å². The van der Waals surface area contributed by atoms with Crippen LogP contribution in [0.25, 0.3) is 16.9 Å². The van der Waals surface area contributed by atoms with Gasteiger partial charge in [-0.3, -0.25) is 4.40 Å². The maximum Gasteiger partial charge on any atom is 0.356 e. The van der Waals surface area contributed by atoms with Crippen molar-refractivity contribution in [1.29, 1.82) is 0 Å². The lowest BCUT2D eigenvalue weighted by Gasteiger charge is -2.03. The number of nitrogen functional groups attached to an aromatic ring is 1. The van der Waals surface area contributed by atoms with Gasteiger partial charge in [0.2, 0.25) is 0 Å². The van der Waals surface area contributed by atoms with Crippen LogP contribution in [0.1, 0.15) is 10.5 Å². The summed E-state index contributed by atoms with van der Waals surface area (Å²) in [6, 6.07) is 10.5. The number of aromatic carboxylic acids is 1. The highest BCUT2D eigenvalue weighted by Crippen LogP contribution is 2.27. The van der Waals surface area contributed by atoms with Crippen molar-refractivity contribution in [3.63, 3.8) is 0 Å². The summed E-state index contributed by atoms with van der Waals surface area (Å²) >= 11 is 5.97. The van der Waals surface area contributed by atoms with Crippen LogP contribution in [-0.4, -0.2) is 20.5 Å². The monoisotopic (exact) mass is 287 g/mol. The van der Waals surface area contributed by atoms with Gasteiger partial charge in [0.25, 0.3) is 0 Å². The molecule has 2 aromatic heterocycles. The van der Waals surface area contributed by atoms with Gasteiger partial charge in [0.15, 0.2) is 5.69 Å². The van der Waals surface area contributed by atoms with Gasteiger partial charge in [-0.1, -0.05) is 23.7 Å². The number of carbonyl (C=O) groups is 1. The van der Waals surface area contributed by atoms with Gasteiger partial charge in [0.1, 0.15) is 11.3 Å². The van der Waals surface area contributed by atoms with Gasteiger partial charge in [0, 0.05) is 16.8 Å². The summed E-state index contributed by atoms with van der Waals surface area (Å²) in [4.78, 5) is 15.5. The van der Waals surface area contributed by atoms with Gasteiger partial charge in [0.05, 0.1) is 5.69 Å². The Kier molecular flexibility index (Phi) is 2.84. The van der Waals surface area contributed by atoms with Gasteiger partial charge in [-0.05, 0) is 24.3 Å². The second-order valence-corrected chi connectivity index (χ2v) is 4.72. The van der Waals surface area contributed by atoms with Crippen LogP contribution in [0.5, 0.6) is 0 Å². The van der Waals surface area contributed by atoms with E-state index in [1.54, 1.807) is 40.9 Å². The fourth-order valence-electron chi connectivity index (χ4n) is 2.15. The number of benzene rings is 1. The number of fused-ring (bicyclic) bond motifs is 1. The molecule has 20 heavy (non-hydrogen) atoms. The van der Waals surface area contributed by atoms with E-state index in [0.717, 1.165) is 5.56 Å². The second-order valence-electron chi connectivity index (χ2n) is 4.28. The number of halogens is 1. The van der Waals surface area contributed by atoms with Gasteiger partial charge in [-0.2, -0.15) is 0 Å². The summed E-state index contributed by atoms with van der Waals surface area (Å²) in [5.41, 5.74) is 7.27. The molecule has 100 valence electrons. The number of carboxylic acids is 1. The molecule has 0 unspecified atom stereocenters. The lowest BCUT2D eigenvalue weighted by atomic mass is 10.2. The molecule has 3 N–H and O–H groups in total. The molecular formula is C14H10ClN3O2. The Hall–Kier alpha value is -2.53. The van der Waals surface area contributed by atoms with Crippen molar-refractivity contribution in [2.75, 3.05) is 5.73 Å². The Bertz CT molecular complexity index is 826. The predicted molar refractivity (Wildman–Crippen MR) is 77.0 cm³/mol. The van der Waals surface area contributed by atoms with E-state index >= 15 is 0 Å². The first kappa shape index (κ1) is 12.5. The zero-order valence-corrected chi connectivity index (χ0v) is 11.0. The molecule has 1 aromatic carbocycles. The van der Waals surface area contributed by atoms with Gasteiger partial charge < -0.3 is 10.8 Å². The van der Waals surface area contributed by atoms with Crippen LogP contribution in [0.15, 0.2) is 42.6 Å². The van der Waals surface area contributed by atoms with E-state index < -0.39 is 5.97 Å². The average molecular weight is 288 g/mol. The SMILES string of the molecule is Nc1cccn2c(-c3cccc(Cl)c3)nc(C(=O)O)c12. The van der Waals surface area contributed by atoms with Crippen molar-refractivity contribution in [3.8, 4) is 11.4 Å². The third-order valence-electron chi connectivity index (χ3n) is 2.98. The average Bonchev–Trinajstić information content (AvgIpc) is 2.80. The quantitative estimate of drug-likeness (QED) is 0.759. The van der Waals surface area contributed by atoms with E-state index in [9.17, 15) is 9.90 Å². The minimum atomic E-state index is -1.12. The van der Waals surface area contributed by atoms with Crippen molar-refractivity contribution in [1.82, 2.24) is 9.38 Å². The molecule has 0 saturated carbocycles. The highest BCUT2D eigenvalue weighted by atomic mass is 35.5. The molecule has 2 heterocycles. The van der Waals surface area contributed by atoms with Crippen LogP contribution in [-0.2, 0) is 0 Å². The fourth-order valence-corrected chi connectivity index (χ4v) is 2.34. The molecule has 0 bridgehead atoms. The Morgan fingerprint density at radius 1 is 1.30 bits per heavy atom. The Morgan fingerprint density at radius 3 is 2.80 bits per heavy atom. The molecule has 0 aliphatic carbocycles. The lowest BCUT2D eigenvalue weighted by Crippen LogP contribution is -2.00. The highest BCUT2D eigenvalue weighted by molar-refractivity contribution is 6.30. The number of nitrogens with two attached hydrogens (primary N) is 1. The van der Waals surface area contributed by atoms with E-state index in [2.05, 4.69) is 4.98 Å². The maximum atomic E-state index is 11.3. The first-order valence-electron chi connectivity index (χ1n) is 5.83. The molecule has 3 aromatic rings. The highest BCUT2D eigenvalue weighted by Gasteiger charge is 2.19. The Labute approximate surface area is 119 Å². The molecular weight excluding hydrogens is 278 g/mol. The van der Waals surface area contributed by atoms with Crippen LogP contribution < -0.4 is 5.73 Å². The zero-order chi connectivity index (χ0) is 14.3. The first-order valence-corrected chi connectivity index (χ1v) is 6.21. The molecule has 6 heteroatoms. The second kappa shape index (κ2) is 4.54. The minimum Gasteiger partial charge on any atom is -0.476 e. The number of rotatable bonds is 2. The van der Waals surface area contributed by atoms with Crippen molar-refractivity contribution in [3.05, 3.63) is 53.3 Å². The fraction of sp³-hybridized carbons (Fsp3) is 0. The molecule has 0 fully saturated rings. The van der Waals surface area contributed by atoms with Crippen molar-refractivity contribution in [2.24, 2.45) is 0 Å². The number of aromatic nitrogens is 2. The third-order valence-corrected chi connectivity index (χ3v) is 3.22. The summed E-state index contributed by atoms with van der Waals surface area (Å²) in [6.45, 7) is 0. The molecule has 0 radical (unpaired) electrons. The number of nitrogens with zero attached hydrogens (tertiary/aromatic N) is 2. The summed E-state index contributed by atoms with van der Waals surface area (Å²) in [7, 11) is 0. The van der Waals surface area contributed by atoms with Crippen molar-refractivity contribution < 1.29 is 9.90 Å². The molecule has 0 atom stereocenters. The predicted octanol–water partition coefficient (Wildman–Crippen LogP) is 2.94. The number of hydrogen-bond donors (Lipinski definition) is 2. The maximum absolute atomic E-state index is 11.3. The number of hydrogen-bond acceptors (Lipinski definition) is 3. The van der Waals surface area contributed by atoms with E-state index in [4.69, 9.17) is 17.3 Å². The molecule has 0 amide bonds. The first-order chi connectivity index (χ1) is 9.58. The summed E-state index contributed by atoms with van der Waals surface area (Å²) in [5.74, 6) is -0.624. The smallest absolute Gasteiger partial charge is 0.356 e. The summed E-state index contributed by atoms with van der Waals surface area (Å²) in [5, 5.41) is 9.82. The van der Waals surface area contributed by atoms with Crippen LogP contribution >= 0.6 is 11.6 Å². The van der Waals surface area contributed by atoms with Crippen LogP contribution in [0.4, 0.5) is 5.69 Å². The van der Waals surface area contributed by atoms with Crippen LogP contribution in [0.3, 0.4) is 0 Å². The van der Waals surface area contributed by atoms with Gasteiger partial charge in [-0.15, -0.1) is 0 Å². The van der Waals surface area contributed by atoms with Gasteiger partial charge in [-0.25, -0.2) is 9.78 Å². The molecule has 0 aliphatic heterocycles. The molecule has 5 nitrogen and oxygen atoms in total.